The molecule has 0 aliphatic rings. The van der Waals surface area contributed by atoms with Crippen molar-refractivity contribution >= 4 is 21.7 Å². The first-order valence-corrected chi connectivity index (χ1v) is 6.44. The number of nitrogens with one attached hydrogen (secondary N) is 1. The Morgan fingerprint density at radius 3 is 2.53 bits per heavy atom. The van der Waals surface area contributed by atoms with Gasteiger partial charge in [0, 0.05) is 17.2 Å². The lowest BCUT2D eigenvalue weighted by atomic mass is 10.1. The molecule has 0 amide bonds. The fourth-order valence-electron chi connectivity index (χ4n) is 1.57. The van der Waals surface area contributed by atoms with Gasteiger partial charge in [0.1, 0.15) is 5.82 Å². The van der Waals surface area contributed by atoms with Gasteiger partial charge < -0.3 is 5.32 Å². The summed E-state index contributed by atoms with van der Waals surface area (Å²) in [5.74, 6) is 0.917. The highest BCUT2D eigenvalue weighted by Crippen LogP contribution is 2.10. The predicted molar refractivity (Wildman–Crippen MR) is 75.3 cm³/mol. The van der Waals surface area contributed by atoms with Crippen LogP contribution in [0.25, 0.3) is 0 Å². The maximum atomic E-state index is 4.27. The molecule has 0 unspecified atom stereocenters. The van der Waals surface area contributed by atoms with Gasteiger partial charge in [-0.05, 0) is 47.0 Å². The van der Waals surface area contributed by atoms with Gasteiger partial charge in [-0.3, -0.25) is 0 Å². The van der Waals surface area contributed by atoms with E-state index >= 15 is 0 Å². The number of hydrogen-bond donors (Lipinski definition) is 1. The van der Waals surface area contributed by atoms with Gasteiger partial charge in [0.2, 0.25) is 0 Å². The molecule has 1 aromatic heterocycles. The summed E-state index contributed by atoms with van der Waals surface area (Å²) < 4.78 is 1.00. The zero-order valence-corrected chi connectivity index (χ0v) is 11.4. The summed E-state index contributed by atoms with van der Waals surface area (Å²) in [6.07, 6.45) is 2.81. The molecule has 17 heavy (non-hydrogen) atoms. The van der Waals surface area contributed by atoms with E-state index in [9.17, 15) is 0 Å². The lowest BCUT2D eigenvalue weighted by Gasteiger charge is -2.05. The SMILES string of the molecule is Cc1ccc(CCNc2ccc(Br)cn2)cc1. The topological polar surface area (TPSA) is 24.9 Å². The average Bonchev–Trinajstić information content (AvgIpc) is 2.34. The number of nitrogens with zero attached hydrogens (tertiary/aromatic N) is 1. The number of hydrogen-bond acceptors (Lipinski definition) is 2. The van der Waals surface area contributed by atoms with Gasteiger partial charge in [0.05, 0.1) is 0 Å². The summed E-state index contributed by atoms with van der Waals surface area (Å²) in [6.45, 7) is 3.01. The highest BCUT2D eigenvalue weighted by atomic mass is 79.9. The molecular weight excluding hydrogens is 276 g/mol. The summed E-state index contributed by atoms with van der Waals surface area (Å²) in [6, 6.07) is 12.6. The third-order valence-corrected chi connectivity index (χ3v) is 3.04. The van der Waals surface area contributed by atoms with Crippen LogP contribution in [-0.4, -0.2) is 11.5 Å². The monoisotopic (exact) mass is 290 g/mol. The van der Waals surface area contributed by atoms with Crippen molar-refractivity contribution in [3.05, 3.63) is 58.2 Å². The van der Waals surface area contributed by atoms with E-state index in [-0.39, 0.29) is 0 Å². The van der Waals surface area contributed by atoms with Gasteiger partial charge in [-0.2, -0.15) is 0 Å². The number of rotatable bonds is 4. The number of pyridine rings is 1. The van der Waals surface area contributed by atoms with Crippen molar-refractivity contribution in [2.75, 3.05) is 11.9 Å². The molecule has 2 rings (SSSR count). The van der Waals surface area contributed by atoms with Crippen LogP contribution < -0.4 is 5.32 Å². The zero-order valence-electron chi connectivity index (χ0n) is 9.78. The third kappa shape index (κ3) is 3.86. The molecular formula is C14H15BrN2. The van der Waals surface area contributed by atoms with Gasteiger partial charge in [0.15, 0.2) is 0 Å². The molecule has 1 heterocycles. The van der Waals surface area contributed by atoms with Crippen molar-refractivity contribution in [1.29, 1.82) is 0 Å². The van der Waals surface area contributed by atoms with Crippen LogP contribution in [0.2, 0.25) is 0 Å². The maximum absolute atomic E-state index is 4.27. The Hall–Kier alpha value is -1.35. The maximum Gasteiger partial charge on any atom is 0.125 e. The van der Waals surface area contributed by atoms with E-state index in [2.05, 4.69) is 57.4 Å². The molecule has 2 aromatic rings. The number of anilines is 1. The minimum absolute atomic E-state index is 0.900. The smallest absolute Gasteiger partial charge is 0.125 e. The molecule has 2 nitrogen and oxygen atoms in total. The first kappa shape index (κ1) is 12.1. The molecule has 0 saturated heterocycles. The van der Waals surface area contributed by atoms with Gasteiger partial charge in [-0.15, -0.1) is 0 Å². The lowest BCUT2D eigenvalue weighted by Crippen LogP contribution is -2.05. The Kier molecular flexibility index (Phi) is 4.15. The highest BCUT2D eigenvalue weighted by molar-refractivity contribution is 9.10. The second kappa shape index (κ2) is 5.82. The number of halogens is 1. The fraction of sp³-hybridized carbons (Fsp3) is 0.214. The predicted octanol–water partition coefficient (Wildman–Crippen LogP) is 3.81. The van der Waals surface area contributed by atoms with Crippen molar-refractivity contribution in [3.63, 3.8) is 0 Å². The fourth-order valence-corrected chi connectivity index (χ4v) is 1.80. The summed E-state index contributed by atoms with van der Waals surface area (Å²) in [5, 5.41) is 3.30. The van der Waals surface area contributed by atoms with Crippen molar-refractivity contribution in [1.82, 2.24) is 4.98 Å². The van der Waals surface area contributed by atoms with E-state index in [4.69, 9.17) is 0 Å². The zero-order chi connectivity index (χ0) is 12.1. The second-order valence-electron chi connectivity index (χ2n) is 4.02. The molecule has 0 spiro atoms. The summed E-state index contributed by atoms with van der Waals surface area (Å²) in [5.41, 5.74) is 2.65. The average molecular weight is 291 g/mol. The van der Waals surface area contributed by atoms with Crippen molar-refractivity contribution in [2.24, 2.45) is 0 Å². The van der Waals surface area contributed by atoms with Crippen molar-refractivity contribution < 1.29 is 0 Å². The minimum atomic E-state index is 0.900. The molecule has 0 saturated carbocycles. The van der Waals surface area contributed by atoms with E-state index in [1.165, 1.54) is 11.1 Å². The minimum Gasteiger partial charge on any atom is -0.370 e. The molecule has 0 fully saturated rings. The van der Waals surface area contributed by atoms with Crippen LogP contribution in [0.4, 0.5) is 5.82 Å². The third-order valence-electron chi connectivity index (χ3n) is 2.57. The molecule has 0 aliphatic heterocycles. The molecule has 88 valence electrons. The standard InChI is InChI=1S/C14H15BrN2/c1-11-2-4-12(5-3-11)8-9-16-14-7-6-13(15)10-17-14/h2-7,10H,8-9H2,1H3,(H,16,17). The molecule has 0 aliphatic carbocycles. The molecule has 0 radical (unpaired) electrons. The first-order chi connectivity index (χ1) is 8.24. The van der Waals surface area contributed by atoms with Crippen LogP contribution in [0.3, 0.4) is 0 Å². The van der Waals surface area contributed by atoms with Crippen LogP contribution in [0.5, 0.6) is 0 Å². The highest BCUT2D eigenvalue weighted by Gasteiger charge is 1.95. The van der Waals surface area contributed by atoms with Gasteiger partial charge in [-0.25, -0.2) is 4.98 Å². The van der Waals surface area contributed by atoms with Crippen LogP contribution in [0.15, 0.2) is 47.1 Å². The Labute approximate surface area is 110 Å². The molecule has 1 N–H and O–H groups in total. The molecule has 0 bridgehead atoms. The number of benzene rings is 1. The summed E-state index contributed by atoms with van der Waals surface area (Å²) >= 11 is 3.37. The van der Waals surface area contributed by atoms with Crippen molar-refractivity contribution in [2.45, 2.75) is 13.3 Å². The largest absolute Gasteiger partial charge is 0.370 e. The Morgan fingerprint density at radius 1 is 1.12 bits per heavy atom. The first-order valence-electron chi connectivity index (χ1n) is 5.65. The number of aryl methyl sites for hydroxylation is 1. The van der Waals surface area contributed by atoms with Crippen LogP contribution in [0.1, 0.15) is 11.1 Å². The van der Waals surface area contributed by atoms with Crippen molar-refractivity contribution in [3.8, 4) is 0 Å². The molecule has 3 heteroatoms. The van der Waals surface area contributed by atoms with Gasteiger partial charge in [-0.1, -0.05) is 29.8 Å². The summed E-state index contributed by atoms with van der Waals surface area (Å²) in [4.78, 5) is 4.27. The summed E-state index contributed by atoms with van der Waals surface area (Å²) in [7, 11) is 0. The molecule has 0 atom stereocenters. The van der Waals surface area contributed by atoms with E-state index in [0.717, 1.165) is 23.3 Å². The van der Waals surface area contributed by atoms with E-state index in [1.807, 2.05) is 12.1 Å². The second-order valence-corrected chi connectivity index (χ2v) is 4.94. The Balaban J connectivity index is 1.83. The van der Waals surface area contributed by atoms with E-state index < -0.39 is 0 Å². The van der Waals surface area contributed by atoms with Crippen LogP contribution in [-0.2, 0) is 6.42 Å². The molecule has 1 aromatic carbocycles. The quantitative estimate of drug-likeness (QED) is 0.926. The lowest BCUT2D eigenvalue weighted by molar-refractivity contribution is 1.00. The van der Waals surface area contributed by atoms with Gasteiger partial charge in [0.25, 0.3) is 0 Å². The Bertz CT molecular complexity index is 417. The van der Waals surface area contributed by atoms with E-state index in [0.29, 0.717) is 0 Å². The van der Waals surface area contributed by atoms with Crippen LogP contribution >= 0.6 is 15.9 Å². The van der Waals surface area contributed by atoms with Crippen LogP contribution in [0, 0.1) is 6.92 Å². The van der Waals surface area contributed by atoms with Gasteiger partial charge >= 0.3 is 0 Å². The normalized spacial score (nSPS) is 10.2. The Morgan fingerprint density at radius 2 is 1.88 bits per heavy atom. The van der Waals surface area contributed by atoms with E-state index in [1.54, 1.807) is 6.20 Å². The number of aromatic nitrogens is 1.